The first-order valence-corrected chi connectivity index (χ1v) is 6.84. The maximum Gasteiger partial charge on any atom is 0.328 e. The van der Waals surface area contributed by atoms with E-state index in [-0.39, 0.29) is 0 Å². The molecule has 102 valence electrons. The van der Waals surface area contributed by atoms with Gasteiger partial charge in [-0.05, 0) is 56.2 Å². The van der Waals surface area contributed by atoms with E-state index in [9.17, 15) is 4.79 Å². The van der Waals surface area contributed by atoms with Gasteiger partial charge in [-0.25, -0.2) is 4.79 Å². The molecule has 0 radical (unpaired) electrons. The number of allylic oxidation sites excluding steroid dienone is 1. The summed E-state index contributed by atoms with van der Waals surface area (Å²) in [6.45, 7) is 2.63. The molecule has 19 heavy (non-hydrogen) atoms. The molecule has 0 aliphatic heterocycles. The molecule has 1 aromatic rings. The summed E-state index contributed by atoms with van der Waals surface area (Å²) in [7, 11) is 0. The molecule has 0 aromatic heterocycles. The zero-order valence-electron chi connectivity index (χ0n) is 11.3. The van der Waals surface area contributed by atoms with Crippen molar-refractivity contribution < 1.29 is 14.6 Å². The van der Waals surface area contributed by atoms with Gasteiger partial charge < -0.3 is 9.84 Å². The lowest BCUT2D eigenvalue weighted by atomic mass is 9.94. The van der Waals surface area contributed by atoms with Gasteiger partial charge in [-0.3, -0.25) is 0 Å². The number of aliphatic carboxylic acids is 1. The van der Waals surface area contributed by atoms with Crippen molar-refractivity contribution in [1.29, 1.82) is 0 Å². The highest BCUT2D eigenvalue weighted by atomic mass is 16.5. The van der Waals surface area contributed by atoms with Crippen LogP contribution in [0.1, 0.15) is 31.7 Å². The summed E-state index contributed by atoms with van der Waals surface area (Å²) < 4.78 is 5.49. The van der Waals surface area contributed by atoms with Crippen molar-refractivity contribution >= 4 is 5.97 Å². The lowest BCUT2D eigenvalue weighted by Gasteiger charge is -2.13. The summed E-state index contributed by atoms with van der Waals surface area (Å²) >= 11 is 0. The van der Waals surface area contributed by atoms with Crippen molar-refractivity contribution in [3.8, 4) is 5.75 Å². The summed E-state index contributed by atoms with van der Waals surface area (Å²) in [5, 5.41) is 8.88. The van der Waals surface area contributed by atoms with Gasteiger partial charge in [0.2, 0.25) is 0 Å². The van der Waals surface area contributed by atoms with Crippen LogP contribution in [0.3, 0.4) is 0 Å². The molecular formula is C16H20O3. The van der Waals surface area contributed by atoms with E-state index in [1.807, 2.05) is 19.1 Å². The SMILES string of the molecule is CCOc1cccc(CC2CCC/C2=C\C(=O)O)c1. The van der Waals surface area contributed by atoms with E-state index < -0.39 is 5.97 Å². The van der Waals surface area contributed by atoms with E-state index >= 15 is 0 Å². The van der Waals surface area contributed by atoms with E-state index in [0.717, 1.165) is 37.0 Å². The average molecular weight is 260 g/mol. The second kappa shape index (κ2) is 6.41. The highest BCUT2D eigenvalue weighted by Gasteiger charge is 2.22. The number of hydrogen-bond donors (Lipinski definition) is 1. The summed E-state index contributed by atoms with van der Waals surface area (Å²) in [4.78, 5) is 10.8. The molecule has 2 rings (SSSR count). The van der Waals surface area contributed by atoms with E-state index in [4.69, 9.17) is 9.84 Å². The zero-order chi connectivity index (χ0) is 13.7. The first-order chi connectivity index (χ1) is 9.19. The normalized spacial score (nSPS) is 20.7. The average Bonchev–Trinajstić information content (AvgIpc) is 2.77. The first-order valence-electron chi connectivity index (χ1n) is 6.84. The molecule has 0 amide bonds. The van der Waals surface area contributed by atoms with Gasteiger partial charge in [0.05, 0.1) is 6.61 Å². The monoisotopic (exact) mass is 260 g/mol. The highest BCUT2D eigenvalue weighted by Crippen LogP contribution is 2.34. The number of hydrogen-bond acceptors (Lipinski definition) is 2. The number of carboxylic acids is 1. The van der Waals surface area contributed by atoms with Crippen LogP contribution in [0.2, 0.25) is 0 Å². The largest absolute Gasteiger partial charge is 0.494 e. The van der Waals surface area contributed by atoms with E-state index in [1.165, 1.54) is 11.6 Å². The molecule has 3 nitrogen and oxygen atoms in total. The molecule has 3 heteroatoms. The molecule has 1 unspecified atom stereocenters. The van der Waals surface area contributed by atoms with Crippen LogP contribution in [0, 0.1) is 5.92 Å². The third kappa shape index (κ3) is 3.85. The van der Waals surface area contributed by atoms with Crippen LogP contribution in [0.5, 0.6) is 5.75 Å². The summed E-state index contributed by atoms with van der Waals surface area (Å²) in [5.41, 5.74) is 2.29. The predicted octanol–water partition coefficient (Wildman–Crippen LogP) is 3.44. The molecule has 1 atom stereocenters. The number of ether oxygens (including phenoxy) is 1. The molecular weight excluding hydrogens is 240 g/mol. The third-order valence-electron chi connectivity index (χ3n) is 3.54. The predicted molar refractivity (Wildman–Crippen MR) is 74.4 cm³/mol. The Morgan fingerprint density at radius 3 is 3.11 bits per heavy atom. The maximum absolute atomic E-state index is 10.8. The smallest absolute Gasteiger partial charge is 0.328 e. The fourth-order valence-electron chi connectivity index (χ4n) is 2.74. The van der Waals surface area contributed by atoms with Crippen LogP contribution < -0.4 is 4.74 Å². The molecule has 0 spiro atoms. The number of benzene rings is 1. The number of rotatable bonds is 5. The van der Waals surface area contributed by atoms with Gasteiger partial charge in [0.15, 0.2) is 0 Å². The minimum atomic E-state index is -0.829. The Hall–Kier alpha value is -1.77. The lowest BCUT2D eigenvalue weighted by molar-refractivity contribution is -0.131. The van der Waals surface area contributed by atoms with Crippen LogP contribution in [0.15, 0.2) is 35.9 Å². The van der Waals surface area contributed by atoms with E-state index in [0.29, 0.717) is 12.5 Å². The Labute approximate surface area is 113 Å². The van der Waals surface area contributed by atoms with Gasteiger partial charge in [-0.2, -0.15) is 0 Å². The van der Waals surface area contributed by atoms with Crippen LogP contribution in [0.25, 0.3) is 0 Å². The Morgan fingerprint density at radius 2 is 2.37 bits per heavy atom. The van der Waals surface area contributed by atoms with E-state index in [1.54, 1.807) is 0 Å². The highest BCUT2D eigenvalue weighted by molar-refractivity contribution is 5.80. The number of carboxylic acid groups (broad SMARTS) is 1. The first kappa shape index (κ1) is 13.7. The summed E-state index contributed by atoms with van der Waals surface area (Å²) in [6, 6.07) is 8.09. The van der Waals surface area contributed by atoms with Crippen molar-refractivity contribution in [3.05, 3.63) is 41.5 Å². The van der Waals surface area contributed by atoms with Gasteiger partial charge in [-0.15, -0.1) is 0 Å². The Morgan fingerprint density at radius 1 is 1.53 bits per heavy atom. The molecule has 0 saturated heterocycles. The van der Waals surface area contributed by atoms with E-state index in [2.05, 4.69) is 12.1 Å². The molecule has 0 bridgehead atoms. The topological polar surface area (TPSA) is 46.5 Å². The zero-order valence-corrected chi connectivity index (χ0v) is 11.3. The minimum absolute atomic E-state index is 0.368. The van der Waals surface area contributed by atoms with Crippen LogP contribution >= 0.6 is 0 Å². The van der Waals surface area contributed by atoms with Gasteiger partial charge in [-0.1, -0.05) is 17.7 Å². The molecule has 1 aliphatic carbocycles. The number of carbonyl (C=O) groups is 1. The molecule has 1 N–H and O–H groups in total. The molecule has 1 aliphatic rings. The minimum Gasteiger partial charge on any atom is -0.494 e. The van der Waals surface area contributed by atoms with Crippen molar-refractivity contribution in [2.75, 3.05) is 6.61 Å². The van der Waals surface area contributed by atoms with Crippen molar-refractivity contribution in [2.24, 2.45) is 5.92 Å². The fourth-order valence-corrected chi connectivity index (χ4v) is 2.74. The van der Waals surface area contributed by atoms with Gasteiger partial charge >= 0.3 is 5.97 Å². The Bertz CT molecular complexity index is 477. The van der Waals surface area contributed by atoms with Gasteiger partial charge in [0.25, 0.3) is 0 Å². The molecule has 1 aromatic carbocycles. The van der Waals surface area contributed by atoms with Crippen LogP contribution in [0.4, 0.5) is 0 Å². The lowest BCUT2D eigenvalue weighted by Crippen LogP contribution is -2.04. The van der Waals surface area contributed by atoms with Crippen LogP contribution in [-0.4, -0.2) is 17.7 Å². The quantitative estimate of drug-likeness (QED) is 0.825. The summed E-state index contributed by atoms with van der Waals surface area (Å²) in [6.07, 6.45) is 5.39. The Kier molecular flexibility index (Phi) is 4.61. The van der Waals surface area contributed by atoms with Crippen molar-refractivity contribution in [2.45, 2.75) is 32.6 Å². The maximum atomic E-state index is 10.8. The second-order valence-electron chi connectivity index (χ2n) is 4.93. The summed E-state index contributed by atoms with van der Waals surface area (Å²) in [5.74, 6) is 0.430. The van der Waals surface area contributed by atoms with Crippen LogP contribution in [-0.2, 0) is 11.2 Å². The third-order valence-corrected chi connectivity index (χ3v) is 3.54. The van der Waals surface area contributed by atoms with Gasteiger partial charge in [0, 0.05) is 6.08 Å². The molecule has 1 fully saturated rings. The fraction of sp³-hybridized carbons (Fsp3) is 0.438. The van der Waals surface area contributed by atoms with Crippen molar-refractivity contribution in [1.82, 2.24) is 0 Å². The van der Waals surface area contributed by atoms with Gasteiger partial charge in [0.1, 0.15) is 5.75 Å². The molecule has 1 saturated carbocycles. The second-order valence-corrected chi connectivity index (χ2v) is 4.93. The van der Waals surface area contributed by atoms with Crippen molar-refractivity contribution in [3.63, 3.8) is 0 Å². The Balaban J connectivity index is 2.07. The standard InChI is InChI=1S/C16H20O3/c1-2-19-15-8-3-5-12(10-15)9-13-6-4-7-14(13)11-16(17)18/h3,5,8,10-11,13H,2,4,6-7,9H2,1H3,(H,17,18)/b14-11+. The molecule has 0 heterocycles.